The number of nitrogens with zero attached hydrogens (tertiary/aromatic N) is 2. The molecule has 0 unspecified atom stereocenters. The van der Waals surface area contributed by atoms with Crippen LogP contribution in [0.4, 0.5) is 10.3 Å². The van der Waals surface area contributed by atoms with Crippen LogP contribution in [-0.4, -0.2) is 35.8 Å². The molecule has 1 N–H and O–H groups in total. The summed E-state index contributed by atoms with van der Waals surface area (Å²) in [6, 6.07) is 0. The Morgan fingerprint density at radius 2 is 2.44 bits per heavy atom. The van der Waals surface area contributed by atoms with Gasteiger partial charge in [-0.05, 0) is 6.42 Å². The molecule has 1 aliphatic rings. The van der Waals surface area contributed by atoms with E-state index < -0.39 is 5.82 Å². The van der Waals surface area contributed by atoms with Crippen molar-refractivity contribution in [2.45, 2.75) is 19.4 Å². The molecule has 1 saturated heterocycles. The minimum absolute atomic E-state index is 0.0121. The van der Waals surface area contributed by atoms with Gasteiger partial charge < -0.3 is 14.8 Å². The van der Waals surface area contributed by atoms with Crippen molar-refractivity contribution in [3.05, 3.63) is 12.0 Å². The van der Waals surface area contributed by atoms with E-state index in [1.807, 2.05) is 6.92 Å². The highest BCUT2D eigenvalue weighted by Gasteiger charge is 2.22. The van der Waals surface area contributed by atoms with Crippen LogP contribution in [0.2, 0.25) is 0 Å². The third-order valence-corrected chi connectivity index (χ3v) is 2.13. The first-order chi connectivity index (χ1) is 7.79. The third kappa shape index (κ3) is 2.57. The van der Waals surface area contributed by atoms with Crippen molar-refractivity contribution < 1.29 is 13.9 Å². The second-order valence-corrected chi connectivity index (χ2v) is 3.55. The Hall–Kier alpha value is -1.43. The summed E-state index contributed by atoms with van der Waals surface area (Å²) in [7, 11) is 0. The molecule has 0 atom stereocenters. The first kappa shape index (κ1) is 11.1. The van der Waals surface area contributed by atoms with E-state index in [-0.39, 0.29) is 12.0 Å². The van der Waals surface area contributed by atoms with Gasteiger partial charge in [0.15, 0.2) is 0 Å². The van der Waals surface area contributed by atoms with Crippen LogP contribution in [0.25, 0.3) is 0 Å². The van der Waals surface area contributed by atoms with Gasteiger partial charge in [0.05, 0.1) is 19.4 Å². The van der Waals surface area contributed by atoms with E-state index in [1.165, 1.54) is 0 Å². The first-order valence-corrected chi connectivity index (χ1v) is 5.30. The number of halogens is 1. The Bertz CT molecular complexity index is 358. The Labute approximate surface area is 93.0 Å². The summed E-state index contributed by atoms with van der Waals surface area (Å²) >= 11 is 0. The normalized spacial score (nSPS) is 15.6. The summed E-state index contributed by atoms with van der Waals surface area (Å²) in [4.78, 5) is 7.78. The molecule has 0 amide bonds. The average Bonchev–Trinajstić information content (AvgIpc) is 2.23. The van der Waals surface area contributed by atoms with Gasteiger partial charge in [0.1, 0.15) is 6.10 Å². The minimum atomic E-state index is -0.547. The molecule has 0 radical (unpaired) electrons. The topological polar surface area (TPSA) is 56.3 Å². The van der Waals surface area contributed by atoms with Crippen molar-refractivity contribution in [1.82, 2.24) is 9.97 Å². The lowest BCUT2D eigenvalue weighted by molar-refractivity contribution is -0.0826. The van der Waals surface area contributed by atoms with Crippen LogP contribution in [-0.2, 0) is 4.74 Å². The largest absolute Gasteiger partial charge is 0.467 e. The Morgan fingerprint density at radius 1 is 1.62 bits per heavy atom. The summed E-state index contributed by atoms with van der Waals surface area (Å²) in [5.74, 6) is -0.172. The molecule has 16 heavy (non-hydrogen) atoms. The van der Waals surface area contributed by atoms with Gasteiger partial charge in [0.2, 0.25) is 11.8 Å². The standard InChI is InChI=1S/C10H14FN3O2/c1-2-3-12-10-13-4-8(11)9(14-10)16-7-5-15-6-7/h4,7H,2-3,5-6H2,1H3,(H,12,13,14). The second-order valence-electron chi connectivity index (χ2n) is 3.55. The number of nitrogens with one attached hydrogen (secondary N) is 1. The highest BCUT2D eigenvalue weighted by molar-refractivity contribution is 5.28. The number of hydrogen-bond donors (Lipinski definition) is 1. The Morgan fingerprint density at radius 3 is 3.06 bits per heavy atom. The lowest BCUT2D eigenvalue weighted by Gasteiger charge is -2.26. The fourth-order valence-electron chi connectivity index (χ4n) is 1.20. The number of rotatable bonds is 5. The van der Waals surface area contributed by atoms with Crippen molar-refractivity contribution >= 4 is 5.95 Å². The molecular formula is C10H14FN3O2. The SMILES string of the molecule is CCCNc1ncc(F)c(OC2COC2)n1. The van der Waals surface area contributed by atoms with E-state index in [4.69, 9.17) is 9.47 Å². The zero-order valence-corrected chi connectivity index (χ0v) is 9.07. The lowest BCUT2D eigenvalue weighted by Crippen LogP contribution is -2.39. The van der Waals surface area contributed by atoms with Crippen molar-refractivity contribution in [3.63, 3.8) is 0 Å². The van der Waals surface area contributed by atoms with Crippen LogP contribution in [0.3, 0.4) is 0 Å². The molecule has 1 aliphatic heterocycles. The van der Waals surface area contributed by atoms with Crippen LogP contribution >= 0.6 is 0 Å². The van der Waals surface area contributed by atoms with Crippen LogP contribution in [0.5, 0.6) is 5.88 Å². The van der Waals surface area contributed by atoms with Gasteiger partial charge in [-0.25, -0.2) is 4.98 Å². The van der Waals surface area contributed by atoms with E-state index in [0.717, 1.165) is 19.2 Å². The zero-order valence-electron chi connectivity index (χ0n) is 9.07. The maximum absolute atomic E-state index is 13.3. The lowest BCUT2D eigenvalue weighted by atomic mass is 10.3. The number of aromatic nitrogens is 2. The molecule has 5 nitrogen and oxygen atoms in total. The number of ether oxygens (including phenoxy) is 2. The highest BCUT2D eigenvalue weighted by Crippen LogP contribution is 2.18. The molecule has 0 aromatic carbocycles. The van der Waals surface area contributed by atoms with Gasteiger partial charge in [-0.3, -0.25) is 0 Å². The molecule has 2 rings (SSSR count). The summed E-state index contributed by atoms with van der Waals surface area (Å²) in [5.41, 5.74) is 0. The van der Waals surface area contributed by atoms with Crippen molar-refractivity contribution in [3.8, 4) is 5.88 Å². The van der Waals surface area contributed by atoms with Crippen molar-refractivity contribution in [1.29, 1.82) is 0 Å². The monoisotopic (exact) mass is 227 g/mol. The molecule has 2 heterocycles. The molecule has 1 aromatic heterocycles. The van der Waals surface area contributed by atoms with Crippen LogP contribution < -0.4 is 10.1 Å². The molecular weight excluding hydrogens is 213 g/mol. The highest BCUT2D eigenvalue weighted by atomic mass is 19.1. The van der Waals surface area contributed by atoms with E-state index >= 15 is 0 Å². The molecule has 6 heteroatoms. The van der Waals surface area contributed by atoms with E-state index in [1.54, 1.807) is 0 Å². The quantitative estimate of drug-likeness (QED) is 0.819. The molecule has 1 aromatic rings. The van der Waals surface area contributed by atoms with E-state index in [9.17, 15) is 4.39 Å². The molecule has 0 bridgehead atoms. The summed E-state index contributed by atoms with van der Waals surface area (Å²) in [5, 5.41) is 2.97. The number of hydrogen-bond acceptors (Lipinski definition) is 5. The van der Waals surface area contributed by atoms with Gasteiger partial charge in [0.25, 0.3) is 5.88 Å². The van der Waals surface area contributed by atoms with E-state index in [2.05, 4.69) is 15.3 Å². The van der Waals surface area contributed by atoms with Gasteiger partial charge in [0, 0.05) is 6.54 Å². The maximum Gasteiger partial charge on any atom is 0.255 e. The fourth-order valence-corrected chi connectivity index (χ4v) is 1.20. The summed E-state index contributed by atoms with van der Waals surface area (Å²) in [6.45, 7) is 3.75. The predicted octanol–water partition coefficient (Wildman–Crippen LogP) is 1.22. The zero-order chi connectivity index (χ0) is 11.4. The van der Waals surface area contributed by atoms with Gasteiger partial charge in [-0.1, -0.05) is 6.92 Å². The summed E-state index contributed by atoms with van der Waals surface area (Å²) < 4.78 is 23.5. The average molecular weight is 227 g/mol. The van der Waals surface area contributed by atoms with Gasteiger partial charge in [-0.2, -0.15) is 9.37 Å². The molecule has 0 saturated carbocycles. The molecule has 88 valence electrons. The Kier molecular flexibility index (Phi) is 3.51. The summed E-state index contributed by atoms with van der Waals surface area (Å²) in [6.07, 6.45) is 1.97. The van der Waals surface area contributed by atoms with Crippen molar-refractivity contribution in [2.24, 2.45) is 0 Å². The first-order valence-electron chi connectivity index (χ1n) is 5.30. The van der Waals surface area contributed by atoms with Gasteiger partial charge >= 0.3 is 0 Å². The van der Waals surface area contributed by atoms with Crippen molar-refractivity contribution in [2.75, 3.05) is 25.1 Å². The van der Waals surface area contributed by atoms with Crippen LogP contribution in [0, 0.1) is 5.82 Å². The second kappa shape index (κ2) is 5.07. The van der Waals surface area contributed by atoms with E-state index in [0.29, 0.717) is 19.2 Å². The molecule has 0 spiro atoms. The van der Waals surface area contributed by atoms with Gasteiger partial charge in [-0.15, -0.1) is 0 Å². The fraction of sp³-hybridized carbons (Fsp3) is 0.600. The number of anilines is 1. The third-order valence-electron chi connectivity index (χ3n) is 2.13. The molecule has 0 aliphatic carbocycles. The molecule has 1 fully saturated rings. The minimum Gasteiger partial charge on any atom is -0.467 e. The predicted molar refractivity (Wildman–Crippen MR) is 56.0 cm³/mol. The Balaban J connectivity index is 2.02. The maximum atomic E-state index is 13.3. The van der Waals surface area contributed by atoms with Crippen LogP contribution in [0.15, 0.2) is 6.20 Å². The van der Waals surface area contributed by atoms with Crippen LogP contribution in [0.1, 0.15) is 13.3 Å². The smallest absolute Gasteiger partial charge is 0.255 e.